The van der Waals surface area contributed by atoms with Gasteiger partial charge in [0.1, 0.15) is 5.76 Å². The van der Waals surface area contributed by atoms with Crippen molar-refractivity contribution >= 4 is 11.9 Å². The standard InChI is InChI=1S/C18H17FN2O5/c1-24-16-6-5-13(10-15(16)19)18(23)26-12-17(22)21(8-3-7-20)11-14-4-2-9-25-14/h2,4-6,9-10H,3,8,11-12H2,1H3. The molecule has 7 nitrogen and oxygen atoms in total. The number of rotatable bonds is 8. The van der Waals surface area contributed by atoms with Gasteiger partial charge in [0.25, 0.3) is 5.91 Å². The van der Waals surface area contributed by atoms with Crippen LogP contribution < -0.4 is 4.74 Å². The summed E-state index contributed by atoms with van der Waals surface area (Å²) in [6, 6.07) is 8.94. The number of hydrogen-bond acceptors (Lipinski definition) is 6. The number of nitrogens with zero attached hydrogens (tertiary/aromatic N) is 2. The molecule has 0 saturated carbocycles. The monoisotopic (exact) mass is 360 g/mol. The van der Waals surface area contributed by atoms with Gasteiger partial charge in [0.05, 0.1) is 38.0 Å². The third kappa shape index (κ3) is 5.08. The van der Waals surface area contributed by atoms with Gasteiger partial charge >= 0.3 is 5.97 Å². The third-order valence-corrected chi connectivity index (χ3v) is 3.49. The highest BCUT2D eigenvalue weighted by Crippen LogP contribution is 2.18. The van der Waals surface area contributed by atoms with Crippen LogP contribution in [-0.2, 0) is 16.1 Å². The molecule has 2 rings (SSSR count). The molecule has 1 aromatic carbocycles. The van der Waals surface area contributed by atoms with Crippen molar-refractivity contribution in [2.45, 2.75) is 13.0 Å². The zero-order valence-electron chi connectivity index (χ0n) is 14.1. The summed E-state index contributed by atoms with van der Waals surface area (Å²) >= 11 is 0. The second-order valence-corrected chi connectivity index (χ2v) is 5.23. The summed E-state index contributed by atoms with van der Waals surface area (Å²) in [6.07, 6.45) is 1.60. The first-order valence-electron chi connectivity index (χ1n) is 7.73. The van der Waals surface area contributed by atoms with E-state index in [2.05, 4.69) is 0 Å². The van der Waals surface area contributed by atoms with Crippen LogP contribution in [0.3, 0.4) is 0 Å². The molecular weight excluding hydrogens is 343 g/mol. The van der Waals surface area contributed by atoms with E-state index < -0.39 is 24.3 Å². The first kappa shape index (κ1) is 19.0. The SMILES string of the molecule is COc1ccc(C(=O)OCC(=O)N(CCC#N)Cc2ccco2)cc1F. The predicted octanol–water partition coefficient (Wildman–Crippen LogP) is 2.53. The minimum atomic E-state index is -0.835. The molecule has 1 aromatic heterocycles. The molecule has 0 saturated heterocycles. The van der Waals surface area contributed by atoms with Gasteiger partial charge in [-0.2, -0.15) is 5.26 Å². The lowest BCUT2D eigenvalue weighted by Gasteiger charge is -2.20. The maximum Gasteiger partial charge on any atom is 0.338 e. The molecule has 1 heterocycles. The van der Waals surface area contributed by atoms with Gasteiger partial charge in [-0.05, 0) is 30.3 Å². The van der Waals surface area contributed by atoms with Crippen molar-refractivity contribution in [3.8, 4) is 11.8 Å². The van der Waals surface area contributed by atoms with Gasteiger partial charge in [0, 0.05) is 6.54 Å². The average Bonchev–Trinajstić information content (AvgIpc) is 3.15. The number of halogens is 1. The summed E-state index contributed by atoms with van der Waals surface area (Å²) in [6.45, 7) is -0.203. The van der Waals surface area contributed by atoms with Crippen LogP contribution in [0.5, 0.6) is 5.75 Å². The number of hydrogen-bond donors (Lipinski definition) is 0. The van der Waals surface area contributed by atoms with Crippen LogP contribution in [-0.4, -0.2) is 37.0 Å². The van der Waals surface area contributed by atoms with E-state index in [1.807, 2.05) is 6.07 Å². The van der Waals surface area contributed by atoms with Gasteiger partial charge in [-0.1, -0.05) is 0 Å². The van der Waals surface area contributed by atoms with Gasteiger partial charge in [-0.25, -0.2) is 9.18 Å². The molecule has 0 aliphatic rings. The van der Waals surface area contributed by atoms with Crippen molar-refractivity contribution in [2.75, 3.05) is 20.3 Å². The molecule has 0 aliphatic heterocycles. The van der Waals surface area contributed by atoms with Crippen LogP contribution in [0.15, 0.2) is 41.0 Å². The van der Waals surface area contributed by atoms with E-state index in [9.17, 15) is 14.0 Å². The highest BCUT2D eigenvalue weighted by molar-refractivity contribution is 5.91. The van der Waals surface area contributed by atoms with Gasteiger partial charge in [-0.15, -0.1) is 0 Å². The zero-order valence-corrected chi connectivity index (χ0v) is 14.1. The van der Waals surface area contributed by atoms with E-state index in [-0.39, 0.29) is 30.8 Å². The summed E-state index contributed by atoms with van der Waals surface area (Å²) in [5, 5.41) is 8.72. The van der Waals surface area contributed by atoms with Crippen LogP contribution in [0.2, 0.25) is 0 Å². The van der Waals surface area contributed by atoms with E-state index in [4.69, 9.17) is 19.2 Å². The quantitative estimate of drug-likeness (QED) is 0.672. The summed E-state index contributed by atoms with van der Waals surface area (Å²) < 4.78 is 28.5. The summed E-state index contributed by atoms with van der Waals surface area (Å²) in [5.74, 6) is -1.49. The number of carbonyl (C=O) groups excluding carboxylic acids is 2. The fourth-order valence-electron chi connectivity index (χ4n) is 2.16. The normalized spacial score (nSPS) is 10.0. The molecular formula is C18H17FN2O5. The van der Waals surface area contributed by atoms with Crippen LogP contribution in [0.4, 0.5) is 4.39 Å². The van der Waals surface area contributed by atoms with Crippen molar-refractivity contribution in [1.82, 2.24) is 4.90 Å². The molecule has 8 heteroatoms. The van der Waals surface area contributed by atoms with Gasteiger partial charge in [-0.3, -0.25) is 4.79 Å². The Balaban J connectivity index is 1.96. The number of amides is 1. The largest absolute Gasteiger partial charge is 0.494 e. The van der Waals surface area contributed by atoms with E-state index in [0.29, 0.717) is 5.76 Å². The van der Waals surface area contributed by atoms with Crippen LogP contribution in [0, 0.1) is 17.1 Å². The van der Waals surface area contributed by atoms with Gasteiger partial charge < -0.3 is 18.8 Å². The number of methoxy groups -OCH3 is 1. The number of furan rings is 1. The molecule has 0 fully saturated rings. The molecule has 0 spiro atoms. The molecule has 0 aliphatic carbocycles. The van der Waals surface area contributed by atoms with Gasteiger partial charge in [0.15, 0.2) is 18.2 Å². The van der Waals surface area contributed by atoms with Crippen LogP contribution >= 0.6 is 0 Å². The zero-order chi connectivity index (χ0) is 18.9. The number of nitriles is 1. The summed E-state index contributed by atoms with van der Waals surface area (Å²) in [7, 11) is 1.31. The fourth-order valence-corrected chi connectivity index (χ4v) is 2.16. The van der Waals surface area contributed by atoms with Crippen molar-refractivity contribution in [1.29, 1.82) is 5.26 Å². The van der Waals surface area contributed by atoms with Crippen LogP contribution in [0.25, 0.3) is 0 Å². The lowest BCUT2D eigenvalue weighted by molar-refractivity contribution is -0.135. The number of carbonyl (C=O) groups is 2. The predicted molar refractivity (Wildman–Crippen MR) is 87.6 cm³/mol. The molecule has 0 N–H and O–H groups in total. The first-order valence-corrected chi connectivity index (χ1v) is 7.73. The Hall–Kier alpha value is -3.34. The summed E-state index contributed by atoms with van der Waals surface area (Å²) in [4.78, 5) is 25.6. The first-order chi connectivity index (χ1) is 12.5. The summed E-state index contributed by atoms with van der Waals surface area (Å²) in [5.41, 5.74) is -0.0364. The fraction of sp³-hybridized carbons (Fsp3) is 0.278. The van der Waals surface area contributed by atoms with E-state index >= 15 is 0 Å². The maximum atomic E-state index is 13.6. The number of esters is 1. The Morgan fingerprint density at radius 3 is 2.77 bits per heavy atom. The van der Waals surface area contributed by atoms with Crippen molar-refractivity contribution in [2.24, 2.45) is 0 Å². The van der Waals surface area contributed by atoms with E-state index in [1.165, 1.54) is 30.4 Å². The molecule has 26 heavy (non-hydrogen) atoms. The highest BCUT2D eigenvalue weighted by Gasteiger charge is 2.18. The molecule has 0 atom stereocenters. The number of benzene rings is 1. The lowest BCUT2D eigenvalue weighted by Crippen LogP contribution is -2.35. The number of ether oxygens (including phenoxy) is 2. The minimum Gasteiger partial charge on any atom is -0.494 e. The Kier molecular flexibility index (Phi) is 6.74. The lowest BCUT2D eigenvalue weighted by atomic mass is 10.2. The molecule has 1 amide bonds. The maximum absolute atomic E-state index is 13.6. The Bertz CT molecular complexity index is 798. The molecule has 136 valence electrons. The van der Waals surface area contributed by atoms with Crippen molar-refractivity contribution in [3.63, 3.8) is 0 Å². The minimum absolute atomic E-state index is 0.00115. The van der Waals surface area contributed by atoms with Crippen molar-refractivity contribution in [3.05, 3.63) is 53.7 Å². The smallest absolute Gasteiger partial charge is 0.338 e. The Morgan fingerprint density at radius 1 is 1.35 bits per heavy atom. The second kappa shape index (κ2) is 9.22. The van der Waals surface area contributed by atoms with E-state index in [1.54, 1.807) is 12.1 Å². The molecule has 0 bridgehead atoms. The average molecular weight is 360 g/mol. The topological polar surface area (TPSA) is 92.8 Å². The van der Waals surface area contributed by atoms with Crippen LogP contribution in [0.1, 0.15) is 22.5 Å². The third-order valence-electron chi connectivity index (χ3n) is 3.49. The van der Waals surface area contributed by atoms with Crippen molar-refractivity contribution < 1.29 is 27.9 Å². The Labute approximate surface area is 149 Å². The highest BCUT2D eigenvalue weighted by atomic mass is 19.1. The van der Waals surface area contributed by atoms with Gasteiger partial charge in [0.2, 0.25) is 0 Å². The Morgan fingerprint density at radius 2 is 2.15 bits per heavy atom. The van der Waals surface area contributed by atoms with E-state index in [0.717, 1.165) is 6.07 Å². The second-order valence-electron chi connectivity index (χ2n) is 5.23. The molecule has 0 unspecified atom stereocenters. The molecule has 0 radical (unpaired) electrons. The molecule has 2 aromatic rings.